The molecule has 0 unspecified atom stereocenters. The Bertz CT molecular complexity index is 961. The van der Waals surface area contributed by atoms with Gasteiger partial charge in [-0.15, -0.1) is 11.3 Å². The number of fused-ring (bicyclic) bond motifs is 1. The molecule has 8 heteroatoms. The highest BCUT2D eigenvalue weighted by atomic mass is 32.1. The minimum atomic E-state index is 0.0926. The Hall–Kier alpha value is -2.48. The number of hydrogen-bond donors (Lipinski definition) is 1. The Morgan fingerprint density at radius 2 is 2.11 bits per heavy atom. The van der Waals surface area contributed by atoms with Crippen molar-refractivity contribution in [2.75, 3.05) is 18.9 Å². The Morgan fingerprint density at radius 3 is 2.78 bits per heavy atom. The Kier molecular flexibility index (Phi) is 5.74. The number of nitrogens with one attached hydrogen (secondary N) is 1. The number of aromatic nitrogens is 4. The van der Waals surface area contributed by atoms with Gasteiger partial charge in [0.15, 0.2) is 0 Å². The van der Waals surface area contributed by atoms with Crippen molar-refractivity contribution in [2.24, 2.45) is 7.05 Å². The van der Waals surface area contributed by atoms with E-state index in [1.165, 1.54) is 4.88 Å². The molecule has 0 spiro atoms. The van der Waals surface area contributed by atoms with Crippen LogP contribution in [-0.4, -0.2) is 44.1 Å². The maximum atomic E-state index is 12.5. The number of thiophene rings is 1. The number of carbonyl (C=O) groups excluding carboxylic acids is 1. The van der Waals surface area contributed by atoms with Crippen LogP contribution in [0.5, 0.6) is 0 Å². The van der Waals surface area contributed by atoms with Crippen LogP contribution in [0.4, 0.5) is 5.82 Å². The lowest BCUT2D eigenvalue weighted by Crippen LogP contribution is -2.28. The predicted molar refractivity (Wildman–Crippen MR) is 109 cm³/mol. The molecule has 0 aliphatic carbocycles. The first kappa shape index (κ1) is 19.3. The fourth-order valence-corrected chi connectivity index (χ4v) is 4.01. The van der Waals surface area contributed by atoms with Gasteiger partial charge in [0.05, 0.1) is 11.1 Å². The number of nitrogens with zero attached hydrogens (tertiary/aromatic N) is 5. The molecule has 0 saturated carbocycles. The van der Waals surface area contributed by atoms with Gasteiger partial charge in [-0.1, -0.05) is 6.92 Å². The molecule has 1 amide bonds. The SMILES string of the molecule is CCc1cc2c(NCCC(=O)N(C)Cc3c(C)nn(C)c3C)ncnc2s1. The summed E-state index contributed by atoms with van der Waals surface area (Å²) in [6.45, 7) is 7.25. The average Bonchev–Trinajstić information content (AvgIpc) is 3.18. The molecule has 0 radical (unpaired) electrons. The first-order chi connectivity index (χ1) is 12.9. The van der Waals surface area contributed by atoms with Crippen LogP contribution in [0.1, 0.15) is 35.2 Å². The zero-order valence-corrected chi connectivity index (χ0v) is 17.4. The van der Waals surface area contributed by atoms with E-state index >= 15 is 0 Å². The molecule has 27 heavy (non-hydrogen) atoms. The number of hydrogen-bond acceptors (Lipinski definition) is 6. The van der Waals surface area contributed by atoms with Crippen molar-refractivity contribution >= 4 is 33.3 Å². The second-order valence-electron chi connectivity index (χ2n) is 6.71. The molecule has 0 bridgehead atoms. The van der Waals surface area contributed by atoms with E-state index in [0.717, 1.165) is 39.4 Å². The van der Waals surface area contributed by atoms with Crippen LogP contribution in [-0.2, 0) is 24.8 Å². The number of aryl methyl sites for hydroxylation is 3. The number of carbonyl (C=O) groups is 1. The summed E-state index contributed by atoms with van der Waals surface area (Å²) in [5.74, 6) is 0.889. The van der Waals surface area contributed by atoms with Crippen molar-refractivity contribution < 1.29 is 4.79 Å². The maximum absolute atomic E-state index is 12.5. The molecule has 144 valence electrons. The molecule has 0 fully saturated rings. The Morgan fingerprint density at radius 1 is 1.33 bits per heavy atom. The predicted octanol–water partition coefficient (Wildman–Crippen LogP) is 3.06. The topological polar surface area (TPSA) is 75.9 Å². The summed E-state index contributed by atoms with van der Waals surface area (Å²) in [6, 6.07) is 2.13. The maximum Gasteiger partial charge on any atom is 0.224 e. The van der Waals surface area contributed by atoms with Crippen LogP contribution in [0.25, 0.3) is 10.2 Å². The third-order valence-electron chi connectivity index (χ3n) is 4.84. The van der Waals surface area contributed by atoms with Crippen LogP contribution in [0.2, 0.25) is 0 Å². The highest BCUT2D eigenvalue weighted by Gasteiger charge is 2.15. The molecule has 3 heterocycles. The number of amides is 1. The van der Waals surface area contributed by atoms with Crippen molar-refractivity contribution in [3.8, 4) is 0 Å². The van der Waals surface area contributed by atoms with Crippen molar-refractivity contribution in [1.29, 1.82) is 0 Å². The molecule has 7 nitrogen and oxygen atoms in total. The highest BCUT2D eigenvalue weighted by Crippen LogP contribution is 2.28. The van der Waals surface area contributed by atoms with E-state index in [4.69, 9.17) is 0 Å². The van der Waals surface area contributed by atoms with Crippen LogP contribution in [0.15, 0.2) is 12.4 Å². The molecular formula is C19H26N6OS. The van der Waals surface area contributed by atoms with Gasteiger partial charge >= 0.3 is 0 Å². The standard InChI is InChI=1S/C19H26N6OS/c1-6-14-9-15-18(21-11-22-19(15)27-14)20-8-7-17(26)24(4)10-16-12(2)23-25(5)13(16)3/h9,11H,6-8,10H2,1-5H3,(H,20,21,22). The van der Waals surface area contributed by atoms with Crippen molar-refractivity contribution in [1.82, 2.24) is 24.6 Å². The van der Waals surface area contributed by atoms with Crippen LogP contribution in [0, 0.1) is 13.8 Å². The van der Waals surface area contributed by atoms with Crippen molar-refractivity contribution in [3.05, 3.63) is 34.2 Å². The summed E-state index contributed by atoms with van der Waals surface area (Å²) >= 11 is 1.69. The van der Waals surface area contributed by atoms with E-state index in [0.29, 0.717) is 19.5 Å². The highest BCUT2D eigenvalue weighted by molar-refractivity contribution is 7.18. The molecule has 0 aromatic carbocycles. The van der Waals surface area contributed by atoms with Gasteiger partial charge in [-0.05, 0) is 26.3 Å². The Labute approximate surface area is 163 Å². The summed E-state index contributed by atoms with van der Waals surface area (Å²) in [5.41, 5.74) is 3.18. The van der Waals surface area contributed by atoms with Gasteiger partial charge in [-0.25, -0.2) is 9.97 Å². The molecule has 3 aromatic heterocycles. The second kappa shape index (κ2) is 8.04. The number of rotatable bonds is 7. The molecule has 0 saturated heterocycles. The summed E-state index contributed by atoms with van der Waals surface area (Å²) in [5, 5.41) is 8.74. The average molecular weight is 387 g/mol. The first-order valence-electron chi connectivity index (χ1n) is 9.11. The Balaban J connectivity index is 1.58. The number of anilines is 1. The van der Waals surface area contributed by atoms with E-state index in [2.05, 4.69) is 33.4 Å². The summed E-state index contributed by atoms with van der Waals surface area (Å²) in [4.78, 5) is 25.2. The third kappa shape index (κ3) is 4.10. The van der Waals surface area contributed by atoms with Crippen LogP contribution < -0.4 is 5.32 Å². The van der Waals surface area contributed by atoms with E-state index < -0.39 is 0 Å². The minimum Gasteiger partial charge on any atom is -0.369 e. The van der Waals surface area contributed by atoms with Gasteiger partial charge in [0.1, 0.15) is 17.0 Å². The monoisotopic (exact) mass is 386 g/mol. The lowest BCUT2D eigenvalue weighted by Gasteiger charge is -2.18. The summed E-state index contributed by atoms with van der Waals surface area (Å²) < 4.78 is 1.86. The van der Waals surface area contributed by atoms with Crippen molar-refractivity contribution in [2.45, 2.75) is 40.2 Å². The molecule has 1 N–H and O–H groups in total. The summed E-state index contributed by atoms with van der Waals surface area (Å²) in [6.07, 6.45) is 2.96. The molecule has 0 aliphatic heterocycles. The van der Waals surface area contributed by atoms with E-state index in [1.807, 2.05) is 32.6 Å². The van der Waals surface area contributed by atoms with Gasteiger partial charge < -0.3 is 10.2 Å². The van der Waals surface area contributed by atoms with Gasteiger partial charge in [0.2, 0.25) is 5.91 Å². The first-order valence-corrected chi connectivity index (χ1v) is 9.92. The zero-order valence-electron chi connectivity index (χ0n) is 16.5. The zero-order chi connectivity index (χ0) is 19.6. The molecule has 0 aliphatic rings. The third-order valence-corrected chi connectivity index (χ3v) is 6.03. The van der Waals surface area contributed by atoms with Crippen LogP contribution >= 0.6 is 11.3 Å². The lowest BCUT2D eigenvalue weighted by molar-refractivity contribution is -0.130. The fourth-order valence-electron chi connectivity index (χ4n) is 3.07. The molecular weight excluding hydrogens is 360 g/mol. The molecule has 0 atom stereocenters. The lowest BCUT2D eigenvalue weighted by atomic mass is 10.2. The van der Waals surface area contributed by atoms with Crippen molar-refractivity contribution in [3.63, 3.8) is 0 Å². The van der Waals surface area contributed by atoms with Gasteiger partial charge in [0, 0.05) is 49.7 Å². The fraction of sp³-hybridized carbons (Fsp3) is 0.474. The van der Waals surface area contributed by atoms with Gasteiger partial charge in [0.25, 0.3) is 0 Å². The quantitative estimate of drug-likeness (QED) is 0.675. The second-order valence-corrected chi connectivity index (χ2v) is 7.82. The largest absolute Gasteiger partial charge is 0.369 e. The van der Waals surface area contributed by atoms with Gasteiger partial charge in [-0.3, -0.25) is 9.48 Å². The van der Waals surface area contributed by atoms with Gasteiger partial charge in [-0.2, -0.15) is 5.10 Å². The van der Waals surface area contributed by atoms with Crippen LogP contribution in [0.3, 0.4) is 0 Å². The molecule has 3 aromatic rings. The normalized spacial score (nSPS) is 11.1. The minimum absolute atomic E-state index is 0.0926. The van der Waals surface area contributed by atoms with E-state index in [-0.39, 0.29) is 5.91 Å². The molecule has 3 rings (SSSR count). The van der Waals surface area contributed by atoms with E-state index in [1.54, 1.807) is 22.6 Å². The smallest absolute Gasteiger partial charge is 0.224 e. The summed E-state index contributed by atoms with van der Waals surface area (Å²) in [7, 11) is 3.76. The van der Waals surface area contributed by atoms with E-state index in [9.17, 15) is 4.79 Å².